The molecule has 0 spiro atoms. The zero-order valence-electron chi connectivity index (χ0n) is 10.5. The van der Waals surface area contributed by atoms with Crippen LogP contribution in [0.25, 0.3) is 0 Å². The Kier molecular flexibility index (Phi) is 6.32. The number of nitrogens with one attached hydrogen (secondary N) is 1. The first-order chi connectivity index (χ1) is 9.19. The van der Waals surface area contributed by atoms with Crippen molar-refractivity contribution in [2.24, 2.45) is 5.92 Å². The molecular weight excluding hydrogens is 246 g/mol. The average molecular weight is 263 g/mol. The monoisotopic (exact) mass is 263 g/mol. The second-order valence-corrected chi connectivity index (χ2v) is 3.98. The van der Waals surface area contributed by atoms with Crippen molar-refractivity contribution in [1.82, 2.24) is 5.32 Å². The third kappa shape index (κ3) is 4.93. The van der Waals surface area contributed by atoms with E-state index in [0.717, 1.165) is 5.56 Å². The zero-order chi connectivity index (χ0) is 14.1. The fourth-order valence-electron chi connectivity index (χ4n) is 1.55. The van der Waals surface area contributed by atoms with Gasteiger partial charge in [-0.2, -0.15) is 0 Å². The van der Waals surface area contributed by atoms with E-state index in [0.29, 0.717) is 19.6 Å². The molecule has 19 heavy (non-hydrogen) atoms. The second kappa shape index (κ2) is 8.05. The molecule has 1 aromatic carbocycles. The molecule has 0 aromatic heterocycles. The zero-order valence-corrected chi connectivity index (χ0v) is 10.5. The molecule has 5 heteroatoms. The van der Waals surface area contributed by atoms with Crippen molar-refractivity contribution in [3.63, 3.8) is 0 Å². The number of ether oxygens (including phenoxy) is 1. The standard InChI is InChI=1S/C8H8O2.C6H9NO2/c9-7-10-6-8-4-2-1-3-5-8;1-2-4-3-7-6(9)5(4)8/h1-5,7H,6H2;2,4-5,8H,1,3H2,(H,7,9). The van der Waals surface area contributed by atoms with Gasteiger partial charge in [0.15, 0.2) is 0 Å². The molecule has 1 aromatic rings. The minimum absolute atomic E-state index is 0.0995. The Hall–Kier alpha value is -2.14. The highest BCUT2D eigenvalue weighted by atomic mass is 16.5. The van der Waals surface area contributed by atoms with Crippen LogP contribution < -0.4 is 5.32 Å². The van der Waals surface area contributed by atoms with Crippen molar-refractivity contribution in [2.45, 2.75) is 12.7 Å². The first-order valence-electron chi connectivity index (χ1n) is 5.86. The summed E-state index contributed by atoms with van der Waals surface area (Å²) >= 11 is 0. The third-order valence-corrected chi connectivity index (χ3v) is 2.65. The Morgan fingerprint density at radius 1 is 1.42 bits per heavy atom. The van der Waals surface area contributed by atoms with Gasteiger partial charge >= 0.3 is 0 Å². The van der Waals surface area contributed by atoms with Crippen LogP contribution in [0.3, 0.4) is 0 Å². The van der Waals surface area contributed by atoms with Gasteiger partial charge in [-0.1, -0.05) is 36.4 Å². The predicted octanol–water partition coefficient (Wildman–Crippen LogP) is 0.639. The molecule has 1 aliphatic heterocycles. The van der Waals surface area contributed by atoms with E-state index in [1.165, 1.54) is 0 Å². The highest BCUT2D eigenvalue weighted by Gasteiger charge is 2.29. The van der Waals surface area contributed by atoms with Gasteiger partial charge in [0.05, 0.1) is 0 Å². The number of hydrogen-bond acceptors (Lipinski definition) is 4. The molecular formula is C14H17NO4. The molecule has 1 saturated heterocycles. The molecule has 2 N–H and O–H groups in total. The third-order valence-electron chi connectivity index (χ3n) is 2.65. The van der Waals surface area contributed by atoms with E-state index < -0.39 is 6.10 Å². The van der Waals surface area contributed by atoms with E-state index in [4.69, 9.17) is 5.11 Å². The first-order valence-corrected chi connectivity index (χ1v) is 5.86. The summed E-state index contributed by atoms with van der Waals surface area (Å²) in [5.74, 6) is -0.391. The van der Waals surface area contributed by atoms with Gasteiger partial charge < -0.3 is 15.2 Å². The lowest BCUT2D eigenvalue weighted by atomic mass is 10.1. The molecule has 102 valence electrons. The number of hydrogen-bond donors (Lipinski definition) is 2. The van der Waals surface area contributed by atoms with Crippen LogP contribution >= 0.6 is 0 Å². The van der Waals surface area contributed by atoms with Gasteiger partial charge in [0.2, 0.25) is 5.91 Å². The van der Waals surface area contributed by atoms with Crippen molar-refractivity contribution >= 4 is 12.4 Å². The maximum atomic E-state index is 10.5. The molecule has 1 amide bonds. The average Bonchev–Trinajstić information content (AvgIpc) is 2.78. The topological polar surface area (TPSA) is 75.6 Å². The number of rotatable bonds is 4. The Labute approximate surface area is 111 Å². The van der Waals surface area contributed by atoms with Crippen molar-refractivity contribution in [3.8, 4) is 0 Å². The lowest BCUT2D eigenvalue weighted by Crippen LogP contribution is -2.23. The van der Waals surface area contributed by atoms with Crippen LogP contribution in [-0.4, -0.2) is 30.1 Å². The summed E-state index contributed by atoms with van der Waals surface area (Å²) in [6.45, 7) is 4.81. The van der Waals surface area contributed by atoms with Crippen molar-refractivity contribution in [1.29, 1.82) is 0 Å². The van der Waals surface area contributed by atoms with Gasteiger partial charge in [-0.05, 0) is 5.56 Å². The molecule has 1 aliphatic rings. The first kappa shape index (κ1) is 14.9. The van der Waals surface area contributed by atoms with E-state index in [9.17, 15) is 9.59 Å². The predicted molar refractivity (Wildman–Crippen MR) is 70.0 cm³/mol. The SMILES string of the molecule is C=CC1CNC(=O)C1O.O=COCc1ccccc1. The van der Waals surface area contributed by atoms with E-state index in [1.54, 1.807) is 6.08 Å². The largest absolute Gasteiger partial charge is 0.463 e. The Morgan fingerprint density at radius 2 is 2.11 bits per heavy atom. The van der Waals surface area contributed by atoms with Gasteiger partial charge in [0.25, 0.3) is 6.47 Å². The molecule has 2 rings (SSSR count). The lowest BCUT2D eigenvalue weighted by molar-refractivity contribution is -0.129. The normalized spacial score (nSPS) is 20.8. The molecule has 1 heterocycles. The highest BCUT2D eigenvalue weighted by Crippen LogP contribution is 2.09. The molecule has 5 nitrogen and oxygen atoms in total. The van der Waals surface area contributed by atoms with E-state index in [1.807, 2.05) is 30.3 Å². The second-order valence-electron chi connectivity index (χ2n) is 3.98. The fourth-order valence-corrected chi connectivity index (χ4v) is 1.55. The maximum absolute atomic E-state index is 10.5. The van der Waals surface area contributed by atoms with Crippen LogP contribution in [0.15, 0.2) is 43.0 Å². The summed E-state index contributed by atoms with van der Waals surface area (Å²) in [5.41, 5.74) is 1.01. The molecule has 0 radical (unpaired) electrons. The van der Waals surface area contributed by atoms with Gasteiger partial charge in [-0.15, -0.1) is 6.58 Å². The number of aliphatic hydroxyl groups excluding tert-OH is 1. The summed E-state index contributed by atoms with van der Waals surface area (Å²) in [7, 11) is 0. The van der Waals surface area contributed by atoms with E-state index >= 15 is 0 Å². The molecule has 2 atom stereocenters. The van der Waals surface area contributed by atoms with Crippen LogP contribution in [-0.2, 0) is 20.9 Å². The van der Waals surface area contributed by atoms with Crippen molar-refractivity contribution < 1.29 is 19.4 Å². The summed E-state index contributed by atoms with van der Waals surface area (Å²) in [6.07, 6.45) is 0.713. The summed E-state index contributed by atoms with van der Waals surface area (Å²) in [6, 6.07) is 9.55. The molecule has 1 fully saturated rings. The molecule has 0 bridgehead atoms. The maximum Gasteiger partial charge on any atom is 0.293 e. The fraction of sp³-hybridized carbons (Fsp3) is 0.286. The van der Waals surface area contributed by atoms with Gasteiger partial charge in [0, 0.05) is 12.5 Å². The van der Waals surface area contributed by atoms with E-state index in [2.05, 4.69) is 16.6 Å². The quantitative estimate of drug-likeness (QED) is 0.617. The van der Waals surface area contributed by atoms with E-state index in [-0.39, 0.29) is 11.8 Å². The highest BCUT2D eigenvalue weighted by molar-refractivity contribution is 5.83. The van der Waals surface area contributed by atoms with Gasteiger partial charge in [-0.3, -0.25) is 9.59 Å². The molecule has 0 saturated carbocycles. The molecule has 0 aliphatic carbocycles. The van der Waals surface area contributed by atoms with Crippen LogP contribution in [0.5, 0.6) is 0 Å². The number of benzene rings is 1. The van der Waals surface area contributed by atoms with Crippen LogP contribution in [0.4, 0.5) is 0 Å². The smallest absolute Gasteiger partial charge is 0.293 e. The van der Waals surface area contributed by atoms with Crippen molar-refractivity contribution in [3.05, 3.63) is 48.6 Å². The minimum Gasteiger partial charge on any atom is -0.463 e. The van der Waals surface area contributed by atoms with Crippen LogP contribution in [0, 0.1) is 5.92 Å². The number of carbonyl (C=O) groups is 2. The van der Waals surface area contributed by atoms with Crippen LogP contribution in [0.2, 0.25) is 0 Å². The lowest BCUT2D eigenvalue weighted by Gasteiger charge is -2.02. The Balaban J connectivity index is 0.000000191. The minimum atomic E-state index is -0.873. The summed E-state index contributed by atoms with van der Waals surface area (Å²) in [4.78, 5) is 20.3. The van der Waals surface area contributed by atoms with Gasteiger partial charge in [-0.25, -0.2) is 0 Å². The summed E-state index contributed by atoms with van der Waals surface area (Å²) < 4.78 is 4.54. The number of carbonyl (C=O) groups excluding carboxylic acids is 2. The number of aliphatic hydroxyl groups is 1. The Morgan fingerprint density at radius 3 is 2.53 bits per heavy atom. The molecule has 2 unspecified atom stereocenters. The Bertz CT molecular complexity index is 419. The van der Waals surface area contributed by atoms with Crippen molar-refractivity contribution in [2.75, 3.05) is 6.54 Å². The number of amides is 1. The van der Waals surface area contributed by atoms with Crippen LogP contribution in [0.1, 0.15) is 5.56 Å². The van der Waals surface area contributed by atoms with Gasteiger partial charge in [0.1, 0.15) is 12.7 Å². The summed E-state index contributed by atoms with van der Waals surface area (Å²) in [5, 5.41) is 11.5.